The van der Waals surface area contributed by atoms with E-state index >= 15 is 0 Å². The van der Waals surface area contributed by atoms with E-state index in [0.717, 1.165) is 6.54 Å². The van der Waals surface area contributed by atoms with Crippen LogP contribution in [0.2, 0.25) is 0 Å². The molecule has 0 aromatic heterocycles. The van der Waals surface area contributed by atoms with Crippen LogP contribution < -0.4 is 0 Å². The second-order valence-corrected chi connectivity index (χ2v) is 6.74. The fourth-order valence-corrected chi connectivity index (χ4v) is 2.90. The van der Waals surface area contributed by atoms with Gasteiger partial charge in [-0.05, 0) is 56.9 Å². The minimum Gasteiger partial charge on any atom is -0.392 e. The Hall–Kier alpha value is -0.0800. The Morgan fingerprint density at radius 2 is 1.75 bits per heavy atom. The summed E-state index contributed by atoms with van der Waals surface area (Å²) in [5.41, 5.74) is 0.548. The number of rotatable bonds is 4. The molecule has 0 aromatic carbocycles. The molecule has 1 unspecified atom stereocenters. The van der Waals surface area contributed by atoms with Crippen LogP contribution in [0.25, 0.3) is 0 Å². The van der Waals surface area contributed by atoms with Gasteiger partial charge in [-0.15, -0.1) is 0 Å². The first kappa shape index (κ1) is 12.4. The third-order valence-electron chi connectivity index (χ3n) is 4.57. The molecule has 0 heterocycles. The van der Waals surface area contributed by atoms with Crippen molar-refractivity contribution < 1.29 is 5.11 Å². The van der Waals surface area contributed by atoms with Crippen LogP contribution in [-0.4, -0.2) is 35.7 Å². The number of nitrogens with zero attached hydrogens (tertiary/aromatic N) is 1. The fourth-order valence-electron chi connectivity index (χ4n) is 2.90. The lowest BCUT2D eigenvalue weighted by Gasteiger charge is -2.39. The smallest absolute Gasteiger partial charge is 0.0695 e. The zero-order chi connectivity index (χ0) is 11.8. The molecule has 0 aromatic rings. The second-order valence-electron chi connectivity index (χ2n) is 6.74. The third kappa shape index (κ3) is 3.21. The average Bonchev–Trinajstić information content (AvgIpc) is 3.00. The lowest BCUT2D eigenvalue weighted by molar-refractivity contribution is 0.0621. The van der Waals surface area contributed by atoms with Gasteiger partial charge < -0.3 is 10.0 Å². The van der Waals surface area contributed by atoms with E-state index in [1.54, 1.807) is 0 Å². The van der Waals surface area contributed by atoms with Gasteiger partial charge in [0.2, 0.25) is 0 Å². The van der Waals surface area contributed by atoms with Gasteiger partial charge >= 0.3 is 0 Å². The standard InChI is InChI=1S/C14H27NO/c1-14(2)8-6-12(7-9-14)15(3)10-13(16)11-4-5-11/h11-13,16H,4-10H2,1-3H3. The average molecular weight is 225 g/mol. The number of aliphatic hydroxyl groups excluding tert-OH is 1. The topological polar surface area (TPSA) is 23.5 Å². The van der Waals surface area contributed by atoms with Crippen molar-refractivity contribution in [2.24, 2.45) is 11.3 Å². The molecule has 0 spiro atoms. The van der Waals surface area contributed by atoms with Crippen LogP contribution >= 0.6 is 0 Å². The maximum Gasteiger partial charge on any atom is 0.0695 e. The molecular weight excluding hydrogens is 198 g/mol. The first-order chi connectivity index (χ1) is 7.48. The van der Waals surface area contributed by atoms with Crippen molar-refractivity contribution >= 4 is 0 Å². The molecule has 0 aliphatic heterocycles. The van der Waals surface area contributed by atoms with Crippen LogP contribution in [0.1, 0.15) is 52.4 Å². The summed E-state index contributed by atoms with van der Waals surface area (Å²) in [5, 5.41) is 9.95. The summed E-state index contributed by atoms with van der Waals surface area (Å²) in [6, 6.07) is 0.710. The van der Waals surface area contributed by atoms with Crippen molar-refractivity contribution in [2.45, 2.75) is 64.5 Å². The molecule has 0 radical (unpaired) electrons. The van der Waals surface area contributed by atoms with Crippen molar-refractivity contribution in [3.63, 3.8) is 0 Å². The van der Waals surface area contributed by atoms with Gasteiger partial charge in [-0.25, -0.2) is 0 Å². The van der Waals surface area contributed by atoms with Gasteiger partial charge in [0.25, 0.3) is 0 Å². The van der Waals surface area contributed by atoms with E-state index in [1.807, 2.05) is 0 Å². The molecule has 0 amide bonds. The van der Waals surface area contributed by atoms with Gasteiger partial charge in [0.1, 0.15) is 0 Å². The van der Waals surface area contributed by atoms with Gasteiger partial charge in [0, 0.05) is 12.6 Å². The summed E-state index contributed by atoms with van der Waals surface area (Å²) in [7, 11) is 2.19. The fraction of sp³-hybridized carbons (Fsp3) is 1.00. The first-order valence-corrected chi connectivity index (χ1v) is 6.86. The molecule has 94 valence electrons. The van der Waals surface area contributed by atoms with Crippen LogP contribution in [0, 0.1) is 11.3 Å². The van der Waals surface area contributed by atoms with E-state index in [4.69, 9.17) is 0 Å². The number of likely N-dealkylation sites (N-methyl/N-ethyl adjacent to an activating group) is 1. The van der Waals surface area contributed by atoms with Crippen LogP contribution in [0.15, 0.2) is 0 Å². The predicted molar refractivity (Wildman–Crippen MR) is 67.4 cm³/mol. The van der Waals surface area contributed by atoms with Gasteiger partial charge in [-0.2, -0.15) is 0 Å². The van der Waals surface area contributed by atoms with Crippen molar-refractivity contribution in [2.75, 3.05) is 13.6 Å². The zero-order valence-corrected chi connectivity index (χ0v) is 11.1. The number of aliphatic hydroxyl groups is 1. The molecule has 2 aliphatic rings. The Morgan fingerprint density at radius 1 is 1.19 bits per heavy atom. The predicted octanol–water partition coefficient (Wildman–Crippen LogP) is 2.66. The zero-order valence-electron chi connectivity index (χ0n) is 11.1. The van der Waals surface area contributed by atoms with E-state index in [9.17, 15) is 5.11 Å². The Bertz CT molecular complexity index is 225. The van der Waals surface area contributed by atoms with Gasteiger partial charge in [0.05, 0.1) is 6.10 Å². The monoisotopic (exact) mass is 225 g/mol. The van der Waals surface area contributed by atoms with Gasteiger partial charge in [-0.3, -0.25) is 0 Å². The minimum atomic E-state index is -0.0695. The maximum absolute atomic E-state index is 9.95. The van der Waals surface area contributed by atoms with Crippen LogP contribution in [0.4, 0.5) is 0 Å². The Balaban J connectivity index is 1.75. The lowest BCUT2D eigenvalue weighted by Crippen LogP contribution is -2.41. The van der Waals surface area contributed by atoms with E-state index < -0.39 is 0 Å². The molecular formula is C14H27NO. The summed E-state index contributed by atoms with van der Waals surface area (Å²) >= 11 is 0. The lowest BCUT2D eigenvalue weighted by atomic mass is 9.75. The summed E-state index contributed by atoms with van der Waals surface area (Å²) in [5.74, 6) is 0.613. The highest BCUT2D eigenvalue weighted by Gasteiger charge is 2.33. The van der Waals surface area contributed by atoms with Gasteiger partial charge in [-0.1, -0.05) is 13.8 Å². The molecule has 2 heteroatoms. The van der Waals surface area contributed by atoms with Crippen molar-refractivity contribution in [3.05, 3.63) is 0 Å². The van der Waals surface area contributed by atoms with Gasteiger partial charge in [0.15, 0.2) is 0 Å². The maximum atomic E-state index is 9.95. The summed E-state index contributed by atoms with van der Waals surface area (Å²) in [6.07, 6.45) is 7.70. The summed E-state index contributed by atoms with van der Waals surface area (Å²) in [4.78, 5) is 2.40. The van der Waals surface area contributed by atoms with Crippen molar-refractivity contribution in [3.8, 4) is 0 Å². The molecule has 1 atom stereocenters. The highest BCUT2D eigenvalue weighted by Crippen LogP contribution is 2.37. The summed E-state index contributed by atoms with van der Waals surface area (Å²) < 4.78 is 0. The van der Waals surface area contributed by atoms with Crippen molar-refractivity contribution in [1.29, 1.82) is 0 Å². The normalized spacial score (nSPS) is 28.3. The molecule has 2 rings (SSSR count). The highest BCUT2D eigenvalue weighted by molar-refractivity contribution is 4.87. The third-order valence-corrected chi connectivity index (χ3v) is 4.57. The van der Waals surface area contributed by atoms with Crippen LogP contribution in [-0.2, 0) is 0 Å². The molecule has 0 bridgehead atoms. The minimum absolute atomic E-state index is 0.0695. The molecule has 2 nitrogen and oxygen atoms in total. The summed E-state index contributed by atoms with van der Waals surface area (Å²) in [6.45, 7) is 5.64. The molecule has 2 saturated carbocycles. The quantitative estimate of drug-likeness (QED) is 0.795. The highest BCUT2D eigenvalue weighted by atomic mass is 16.3. The molecule has 0 saturated heterocycles. The Labute approximate surface area is 100 Å². The first-order valence-electron chi connectivity index (χ1n) is 6.86. The Morgan fingerprint density at radius 3 is 2.25 bits per heavy atom. The molecule has 2 fully saturated rings. The van der Waals surface area contributed by atoms with E-state index in [0.29, 0.717) is 17.4 Å². The van der Waals surface area contributed by atoms with E-state index in [1.165, 1.54) is 38.5 Å². The SMILES string of the molecule is CN(CC(O)C1CC1)C1CCC(C)(C)CC1. The molecule has 1 N–H and O–H groups in total. The van der Waals surface area contributed by atoms with E-state index in [-0.39, 0.29) is 6.10 Å². The van der Waals surface area contributed by atoms with Crippen molar-refractivity contribution in [1.82, 2.24) is 4.90 Å². The van der Waals surface area contributed by atoms with Crippen LogP contribution in [0.3, 0.4) is 0 Å². The van der Waals surface area contributed by atoms with Crippen LogP contribution in [0.5, 0.6) is 0 Å². The molecule has 2 aliphatic carbocycles. The number of hydrogen-bond donors (Lipinski definition) is 1. The Kier molecular flexibility index (Phi) is 3.60. The molecule has 16 heavy (non-hydrogen) atoms. The van der Waals surface area contributed by atoms with E-state index in [2.05, 4.69) is 25.8 Å². The largest absolute Gasteiger partial charge is 0.392 e. The number of hydrogen-bond acceptors (Lipinski definition) is 2. The second kappa shape index (κ2) is 4.66.